The van der Waals surface area contributed by atoms with Crippen LogP contribution in [0, 0.1) is 11.8 Å². The molecular weight excluding hydrogens is 264 g/mol. The van der Waals surface area contributed by atoms with Crippen LogP contribution in [0.1, 0.15) is 52.0 Å². The van der Waals surface area contributed by atoms with Crippen LogP contribution in [-0.4, -0.2) is 0 Å². The Kier molecular flexibility index (Phi) is 6.71. The fourth-order valence-electron chi connectivity index (χ4n) is 2.97. The van der Waals surface area contributed by atoms with Gasteiger partial charge in [-0.25, -0.2) is 0 Å². The summed E-state index contributed by atoms with van der Waals surface area (Å²) in [7, 11) is 0. The standard InChI is InChI=1S/C22H30/c1-18(2)9-7-10-19(3)15-16-20-11-8-14-22(17-20)21-12-5-4-6-13-21/h4-6,8,11-14,17-19H,7,9-10,15-16H2,1-3H3. The minimum atomic E-state index is 0.833. The molecule has 0 radical (unpaired) electrons. The Hall–Kier alpha value is -1.56. The van der Waals surface area contributed by atoms with E-state index < -0.39 is 0 Å². The van der Waals surface area contributed by atoms with Crippen molar-refractivity contribution in [2.75, 3.05) is 0 Å². The molecule has 2 rings (SSSR count). The molecule has 0 aromatic heterocycles. The minimum absolute atomic E-state index is 0.833. The molecule has 0 aliphatic heterocycles. The summed E-state index contributed by atoms with van der Waals surface area (Å²) < 4.78 is 0. The predicted octanol–water partition coefficient (Wildman–Crippen LogP) is 6.75. The molecule has 0 fully saturated rings. The van der Waals surface area contributed by atoms with Gasteiger partial charge in [-0.05, 0) is 41.4 Å². The van der Waals surface area contributed by atoms with Gasteiger partial charge in [-0.15, -0.1) is 0 Å². The lowest BCUT2D eigenvalue weighted by Gasteiger charge is -2.13. The number of benzene rings is 2. The summed E-state index contributed by atoms with van der Waals surface area (Å²) in [5.41, 5.74) is 4.12. The van der Waals surface area contributed by atoms with Crippen LogP contribution in [0.25, 0.3) is 11.1 Å². The minimum Gasteiger partial charge on any atom is -0.0628 e. The van der Waals surface area contributed by atoms with Crippen molar-refractivity contribution in [1.82, 2.24) is 0 Å². The first-order valence-electron chi connectivity index (χ1n) is 8.79. The Balaban J connectivity index is 1.86. The molecule has 22 heavy (non-hydrogen) atoms. The van der Waals surface area contributed by atoms with Crippen LogP contribution < -0.4 is 0 Å². The van der Waals surface area contributed by atoms with Crippen LogP contribution >= 0.6 is 0 Å². The maximum absolute atomic E-state index is 2.40. The van der Waals surface area contributed by atoms with Gasteiger partial charge in [-0.2, -0.15) is 0 Å². The van der Waals surface area contributed by atoms with E-state index in [1.165, 1.54) is 48.8 Å². The van der Waals surface area contributed by atoms with E-state index in [0.29, 0.717) is 0 Å². The number of hydrogen-bond acceptors (Lipinski definition) is 0. The van der Waals surface area contributed by atoms with E-state index in [-0.39, 0.29) is 0 Å². The van der Waals surface area contributed by atoms with Crippen molar-refractivity contribution in [3.05, 3.63) is 60.2 Å². The van der Waals surface area contributed by atoms with Gasteiger partial charge in [0.05, 0.1) is 0 Å². The summed E-state index contributed by atoms with van der Waals surface area (Å²) in [6.07, 6.45) is 6.62. The second-order valence-corrected chi connectivity index (χ2v) is 7.04. The van der Waals surface area contributed by atoms with E-state index in [2.05, 4.69) is 75.4 Å². The van der Waals surface area contributed by atoms with Crippen LogP contribution in [0.15, 0.2) is 54.6 Å². The highest BCUT2D eigenvalue weighted by Gasteiger charge is 2.05. The molecule has 0 saturated carbocycles. The van der Waals surface area contributed by atoms with Crippen molar-refractivity contribution in [1.29, 1.82) is 0 Å². The zero-order valence-electron chi connectivity index (χ0n) is 14.4. The first-order chi connectivity index (χ1) is 10.6. The molecule has 0 spiro atoms. The van der Waals surface area contributed by atoms with Gasteiger partial charge in [0, 0.05) is 0 Å². The summed E-state index contributed by atoms with van der Waals surface area (Å²) in [6, 6.07) is 19.7. The van der Waals surface area contributed by atoms with E-state index in [9.17, 15) is 0 Å². The third kappa shape index (κ3) is 5.67. The highest BCUT2D eigenvalue weighted by Crippen LogP contribution is 2.22. The molecule has 0 nitrogen and oxygen atoms in total. The van der Waals surface area contributed by atoms with Gasteiger partial charge in [-0.1, -0.05) is 94.6 Å². The molecular formula is C22H30. The molecule has 0 amide bonds. The van der Waals surface area contributed by atoms with E-state index in [0.717, 1.165) is 11.8 Å². The van der Waals surface area contributed by atoms with Crippen molar-refractivity contribution in [2.24, 2.45) is 11.8 Å². The summed E-state index contributed by atoms with van der Waals surface area (Å²) in [5.74, 6) is 1.67. The molecule has 1 unspecified atom stereocenters. The van der Waals surface area contributed by atoms with Gasteiger partial charge in [0.2, 0.25) is 0 Å². The van der Waals surface area contributed by atoms with Gasteiger partial charge < -0.3 is 0 Å². The zero-order valence-corrected chi connectivity index (χ0v) is 14.4. The molecule has 118 valence electrons. The van der Waals surface area contributed by atoms with Crippen LogP contribution in [0.2, 0.25) is 0 Å². The van der Waals surface area contributed by atoms with E-state index in [1.807, 2.05) is 0 Å². The fraction of sp³-hybridized carbons (Fsp3) is 0.455. The monoisotopic (exact) mass is 294 g/mol. The second-order valence-electron chi connectivity index (χ2n) is 7.04. The van der Waals surface area contributed by atoms with Crippen LogP contribution in [0.4, 0.5) is 0 Å². The largest absolute Gasteiger partial charge is 0.0628 e. The quantitative estimate of drug-likeness (QED) is 0.505. The Morgan fingerprint density at radius 3 is 2.18 bits per heavy atom. The fourth-order valence-corrected chi connectivity index (χ4v) is 2.97. The Labute approximate surface area is 136 Å². The molecule has 0 aliphatic carbocycles. The van der Waals surface area contributed by atoms with Crippen molar-refractivity contribution < 1.29 is 0 Å². The SMILES string of the molecule is CC(C)CCCC(C)CCc1cccc(-c2ccccc2)c1. The normalized spacial score (nSPS) is 12.5. The highest BCUT2D eigenvalue weighted by atomic mass is 14.1. The Bertz CT molecular complexity index is 539. The van der Waals surface area contributed by atoms with Crippen LogP contribution in [0.3, 0.4) is 0 Å². The molecule has 0 bridgehead atoms. The Morgan fingerprint density at radius 1 is 0.727 bits per heavy atom. The third-order valence-corrected chi connectivity index (χ3v) is 4.44. The topological polar surface area (TPSA) is 0 Å². The molecule has 0 N–H and O–H groups in total. The zero-order chi connectivity index (χ0) is 15.8. The van der Waals surface area contributed by atoms with Crippen molar-refractivity contribution in [3.8, 4) is 11.1 Å². The molecule has 2 aromatic rings. The molecule has 0 aliphatic rings. The number of hydrogen-bond donors (Lipinski definition) is 0. The molecule has 0 heteroatoms. The second kappa shape index (κ2) is 8.78. The maximum Gasteiger partial charge on any atom is -0.0181 e. The van der Waals surface area contributed by atoms with Gasteiger partial charge in [0.1, 0.15) is 0 Å². The van der Waals surface area contributed by atoms with Crippen molar-refractivity contribution in [2.45, 2.75) is 52.9 Å². The maximum atomic E-state index is 2.40. The van der Waals surface area contributed by atoms with E-state index in [1.54, 1.807) is 0 Å². The van der Waals surface area contributed by atoms with Gasteiger partial charge in [0.15, 0.2) is 0 Å². The summed E-state index contributed by atoms with van der Waals surface area (Å²) >= 11 is 0. The van der Waals surface area contributed by atoms with Gasteiger partial charge in [-0.3, -0.25) is 0 Å². The van der Waals surface area contributed by atoms with E-state index in [4.69, 9.17) is 0 Å². The summed E-state index contributed by atoms with van der Waals surface area (Å²) in [5, 5.41) is 0. The van der Waals surface area contributed by atoms with Crippen molar-refractivity contribution in [3.63, 3.8) is 0 Å². The summed E-state index contributed by atoms with van der Waals surface area (Å²) in [4.78, 5) is 0. The van der Waals surface area contributed by atoms with Gasteiger partial charge >= 0.3 is 0 Å². The van der Waals surface area contributed by atoms with E-state index >= 15 is 0 Å². The first kappa shape index (κ1) is 16.8. The Morgan fingerprint density at radius 2 is 1.45 bits per heavy atom. The predicted molar refractivity (Wildman–Crippen MR) is 98.1 cm³/mol. The average molecular weight is 294 g/mol. The molecule has 2 aromatic carbocycles. The number of aryl methyl sites for hydroxylation is 1. The van der Waals surface area contributed by atoms with Crippen LogP contribution in [0.5, 0.6) is 0 Å². The van der Waals surface area contributed by atoms with Crippen LogP contribution in [-0.2, 0) is 6.42 Å². The van der Waals surface area contributed by atoms with Gasteiger partial charge in [0.25, 0.3) is 0 Å². The number of rotatable bonds is 8. The molecule has 0 saturated heterocycles. The third-order valence-electron chi connectivity index (χ3n) is 4.44. The lowest BCUT2D eigenvalue weighted by Crippen LogP contribution is -1.99. The molecule has 1 atom stereocenters. The lowest BCUT2D eigenvalue weighted by molar-refractivity contribution is 0.437. The summed E-state index contributed by atoms with van der Waals surface area (Å²) in [6.45, 7) is 7.04. The average Bonchev–Trinajstić information content (AvgIpc) is 2.54. The molecule has 0 heterocycles. The lowest BCUT2D eigenvalue weighted by atomic mass is 9.93. The first-order valence-corrected chi connectivity index (χ1v) is 8.79. The highest BCUT2D eigenvalue weighted by molar-refractivity contribution is 5.63. The van der Waals surface area contributed by atoms with Crippen molar-refractivity contribution >= 4 is 0 Å². The smallest absolute Gasteiger partial charge is 0.0181 e.